The van der Waals surface area contributed by atoms with Crippen LogP contribution in [0.5, 0.6) is 0 Å². The minimum atomic E-state index is -4.41. The summed E-state index contributed by atoms with van der Waals surface area (Å²) in [5.74, 6) is -0.125. The van der Waals surface area contributed by atoms with Crippen molar-refractivity contribution in [2.45, 2.75) is 57.3 Å². The summed E-state index contributed by atoms with van der Waals surface area (Å²) in [6, 6.07) is -0.766. The monoisotopic (exact) mass is 296 g/mol. The van der Waals surface area contributed by atoms with Gasteiger partial charge in [-0.3, -0.25) is 10.1 Å². The first-order valence-corrected chi connectivity index (χ1v) is 6.90. The van der Waals surface area contributed by atoms with Crippen LogP contribution in [0.2, 0.25) is 0 Å². The third-order valence-corrected chi connectivity index (χ3v) is 3.91. The zero-order valence-electron chi connectivity index (χ0n) is 11.9. The highest BCUT2D eigenvalue weighted by molar-refractivity contribution is 5.81. The molecule has 1 atom stereocenters. The summed E-state index contributed by atoms with van der Waals surface area (Å²) in [5.41, 5.74) is -0.554. The van der Waals surface area contributed by atoms with Crippen molar-refractivity contribution in [1.82, 2.24) is 10.6 Å². The Morgan fingerprint density at radius 1 is 1.40 bits per heavy atom. The summed E-state index contributed by atoms with van der Waals surface area (Å²) in [4.78, 5) is 11.6. The normalized spacial score (nSPS) is 29.0. The molecule has 0 heterocycles. The number of halogens is 3. The van der Waals surface area contributed by atoms with E-state index in [1.165, 1.54) is 6.92 Å². The molecule has 0 spiro atoms. The van der Waals surface area contributed by atoms with Crippen molar-refractivity contribution in [1.29, 1.82) is 0 Å². The summed E-state index contributed by atoms with van der Waals surface area (Å²) in [6.45, 7) is 2.19. The molecule has 0 aliphatic heterocycles. The van der Waals surface area contributed by atoms with Crippen LogP contribution in [0, 0.1) is 5.92 Å². The van der Waals surface area contributed by atoms with E-state index in [9.17, 15) is 23.1 Å². The molecule has 1 saturated carbocycles. The summed E-state index contributed by atoms with van der Waals surface area (Å²) in [6.07, 6.45) is -1.09. The number of rotatable bonds is 5. The van der Waals surface area contributed by atoms with Crippen molar-refractivity contribution in [3.05, 3.63) is 0 Å². The molecule has 118 valence electrons. The van der Waals surface area contributed by atoms with Gasteiger partial charge in [0.2, 0.25) is 5.91 Å². The lowest BCUT2D eigenvalue weighted by atomic mass is 9.77. The fourth-order valence-corrected chi connectivity index (χ4v) is 2.53. The van der Waals surface area contributed by atoms with Crippen molar-refractivity contribution in [2.24, 2.45) is 5.92 Å². The molecule has 1 aliphatic carbocycles. The lowest BCUT2D eigenvalue weighted by Gasteiger charge is -2.40. The van der Waals surface area contributed by atoms with Crippen molar-refractivity contribution in [2.75, 3.05) is 13.2 Å². The molecule has 1 unspecified atom stereocenters. The topological polar surface area (TPSA) is 61.4 Å². The number of alkyl halides is 3. The summed E-state index contributed by atoms with van der Waals surface area (Å²) < 4.78 is 36.1. The Morgan fingerprint density at radius 3 is 2.40 bits per heavy atom. The Labute approximate surface area is 117 Å². The lowest BCUT2D eigenvalue weighted by molar-refractivity contribution is -0.139. The predicted octanol–water partition coefficient (Wildman–Crippen LogP) is 1.58. The van der Waals surface area contributed by atoms with Crippen LogP contribution in [0.1, 0.15) is 39.5 Å². The molecule has 0 aromatic rings. The molecule has 0 aromatic carbocycles. The van der Waals surface area contributed by atoms with Gasteiger partial charge >= 0.3 is 6.18 Å². The standard InChI is InChI=1S/C13H23F3N2O2/c1-9-3-5-12(8-19,6-4-9)18-10(2)11(20)17-7-13(14,15)16/h9-10,18-19H,3-8H2,1-2H3,(H,17,20). The van der Waals surface area contributed by atoms with Gasteiger partial charge in [0.25, 0.3) is 0 Å². The summed E-state index contributed by atoms with van der Waals surface area (Å²) >= 11 is 0. The smallest absolute Gasteiger partial charge is 0.394 e. The van der Waals surface area contributed by atoms with E-state index in [0.29, 0.717) is 5.92 Å². The molecule has 0 radical (unpaired) electrons. The predicted molar refractivity (Wildman–Crippen MR) is 69.1 cm³/mol. The highest BCUT2D eigenvalue weighted by atomic mass is 19.4. The molecule has 1 amide bonds. The van der Waals surface area contributed by atoms with Crippen LogP contribution in [0.15, 0.2) is 0 Å². The summed E-state index contributed by atoms with van der Waals surface area (Å²) in [7, 11) is 0. The van der Waals surface area contributed by atoms with Crippen molar-refractivity contribution in [3.8, 4) is 0 Å². The third kappa shape index (κ3) is 5.28. The number of amides is 1. The minimum absolute atomic E-state index is 0.114. The van der Waals surface area contributed by atoms with E-state index in [1.54, 1.807) is 0 Å². The number of aliphatic hydroxyl groups is 1. The molecule has 0 bridgehead atoms. The van der Waals surface area contributed by atoms with Gasteiger partial charge in [0, 0.05) is 5.54 Å². The Bertz CT molecular complexity index is 326. The Kier molecular flexibility index (Phi) is 5.82. The highest BCUT2D eigenvalue weighted by Gasteiger charge is 2.36. The maximum Gasteiger partial charge on any atom is 0.405 e. The van der Waals surface area contributed by atoms with E-state index in [2.05, 4.69) is 12.2 Å². The largest absolute Gasteiger partial charge is 0.405 e. The van der Waals surface area contributed by atoms with Crippen LogP contribution >= 0.6 is 0 Å². The van der Waals surface area contributed by atoms with Crippen LogP contribution < -0.4 is 10.6 Å². The van der Waals surface area contributed by atoms with Gasteiger partial charge in [-0.25, -0.2) is 0 Å². The molecule has 20 heavy (non-hydrogen) atoms. The Balaban J connectivity index is 2.50. The van der Waals surface area contributed by atoms with E-state index in [4.69, 9.17) is 0 Å². The van der Waals surface area contributed by atoms with E-state index >= 15 is 0 Å². The first-order valence-electron chi connectivity index (χ1n) is 6.90. The quantitative estimate of drug-likeness (QED) is 0.722. The van der Waals surface area contributed by atoms with Gasteiger partial charge in [-0.15, -0.1) is 0 Å². The SMILES string of the molecule is CC1CCC(CO)(NC(C)C(=O)NCC(F)(F)F)CC1. The van der Waals surface area contributed by atoms with Gasteiger partial charge in [0.05, 0.1) is 12.6 Å². The van der Waals surface area contributed by atoms with Crippen LogP contribution in [-0.2, 0) is 4.79 Å². The van der Waals surface area contributed by atoms with Crippen LogP contribution in [0.3, 0.4) is 0 Å². The molecule has 7 heteroatoms. The van der Waals surface area contributed by atoms with Gasteiger partial charge in [0.1, 0.15) is 6.54 Å². The van der Waals surface area contributed by atoms with E-state index in [-0.39, 0.29) is 6.61 Å². The fourth-order valence-electron chi connectivity index (χ4n) is 2.53. The number of hydrogen-bond donors (Lipinski definition) is 3. The second kappa shape index (κ2) is 6.76. The molecule has 4 nitrogen and oxygen atoms in total. The van der Waals surface area contributed by atoms with E-state index in [1.807, 2.05) is 5.32 Å². The van der Waals surface area contributed by atoms with Gasteiger partial charge in [0.15, 0.2) is 0 Å². The van der Waals surface area contributed by atoms with E-state index < -0.39 is 30.2 Å². The van der Waals surface area contributed by atoms with Crippen molar-refractivity contribution in [3.63, 3.8) is 0 Å². The van der Waals surface area contributed by atoms with Crippen molar-refractivity contribution >= 4 is 5.91 Å². The Morgan fingerprint density at radius 2 is 1.95 bits per heavy atom. The zero-order valence-corrected chi connectivity index (χ0v) is 11.9. The first kappa shape index (κ1) is 17.2. The average Bonchev–Trinajstić information content (AvgIpc) is 2.38. The number of aliphatic hydroxyl groups excluding tert-OH is 1. The highest BCUT2D eigenvalue weighted by Crippen LogP contribution is 2.31. The maximum absolute atomic E-state index is 12.0. The minimum Gasteiger partial charge on any atom is -0.394 e. The molecule has 1 rings (SSSR count). The van der Waals surface area contributed by atoms with Crippen LogP contribution in [0.4, 0.5) is 13.2 Å². The first-order chi connectivity index (χ1) is 9.17. The molecule has 1 fully saturated rings. The maximum atomic E-state index is 12.0. The van der Waals surface area contributed by atoms with E-state index in [0.717, 1.165) is 25.7 Å². The van der Waals surface area contributed by atoms with Gasteiger partial charge in [-0.05, 0) is 38.5 Å². The van der Waals surface area contributed by atoms with Gasteiger partial charge in [-0.2, -0.15) is 13.2 Å². The molecular formula is C13H23F3N2O2. The number of carbonyl (C=O) groups excluding carboxylic acids is 1. The van der Waals surface area contributed by atoms with Gasteiger partial charge in [-0.1, -0.05) is 6.92 Å². The molecule has 0 aromatic heterocycles. The Hall–Kier alpha value is -0.820. The molecule has 0 saturated heterocycles. The third-order valence-electron chi connectivity index (χ3n) is 3.91. The fraction of sp³-hybridized carbons (Fsp3) is 0.923. The molecule has 1 aliphatic rings. The zero-order chi connectivity index (χ0) is 15.4. The second-order valence-electron chi connectivity index (χ2n) is 5.82. The van der Waals surface area contributed by atoms with Crippen molar-refractivity contribution < 1.29 is 23.1 Å². The van der Waals surface area contributed by atoms with Crippen LogP contribution in [-0.4, -0.2) is 41.9 Å². The number of hydrogen-bond acceptors (Lipinski definition) is 3. The summed E-state index contributed by atoms with van der Waals surface area (Å²) in [5, 5.41) is 14.4. The number of nitrogens with one attached hydrogen (secondary N) is 2. The van der Waals surface area contributed by atoms with Gasteiger partial charge < -0.3 is 10.4 Å². The molecular weight excluding hydrogens is 273 g/mol. The average molecular weight is 296 g/mol. The number of carbonyl (C=O) groups is 1. The second-order valence-corrected chi connectivity index (χ2v) is 5.82. The lowest BCUT2D eigenvalue weighted by Crippen LogP contribution is -2.58. The molecule has 3 N–H and O–H groups in total. The van der Waals surface area contributed by atoms with Crippen LogP contribution in [0.25, 0.3) is 0 Å².